The highest BCUT2D eigenvalue weighted by Crippen LogP contribution is 2.30. The Morgan fingerprint density at radius 2 is 1.87 bits per heavy atom. The minimum atomic E-state index is -3.50. The second-order valence-corrected chi connectivity index (χ2v) is 10.2. The molecule has 0 saturated carbocycles. The number of rotatable bonds is 6. The van der Waals surface area contributed by atoms with Gasteiger partial charge in [0.15, 0.2) is 5.13 Å². The summed E-state index contributed by atoms with van der Waals surface area (Å²) >= 11 is 1.27. The molecule has 0 spiro atoms. The summed E-state index contributed by atoms with van der Waals surface area (Å²) < 4.78 is 33.2. The van der Waals surface area contributed by atoms with Crippen LogP contribution in [0.4, 0.5) is 5.13 Å². The van der Waals surface area contributed by atoms with E-state index in [1.54, 1.807) is 29.6 Å². The Bertz CT molecular complexity index is 1150. The first-order valence-corrected chi connectivity index (χ1v) is 12.0. The largest absolute Gasteiger partial charge is 0.497 e. The minimum Gasteiger partial charge on any atom is -0.497 e. The fraction of sp³-hybridized carbons (Fsp3) is 0.333. The van der Waals surface area contributed by atoms with Gasteiger partial charge in [-0.2, -0.15) is 4.31 Å². The Balaban J connectivity index is 1.48. The van der Waals surface area contributed by atoms with Crippen molar-refractivity contribution in [1.82, 2.24) is 9.29 Å². The molecule has 1 amide bonds. The van der Waals surface area contributed by atoms with Crippen LogP contribution in [0, 0.1) is 0 Å². The number of hydrogen-bond acceptors (Lipinski definition) is 6. The van der Waals surface area contributed by atoms with E-state index in [9.17, 15) is 13.2 Å². The van der Waals surface area contributed by atoms with Crippen LogP contribution in [-0.2, 0) is 21.2 Å². The lowest BCUT2D eigenvalue weighted by atomic mass is 10.1. The highest BCUT2D eigenvalue weighted by atomic mass is 32.2. The number of benzene rings is 2. The summed E-state index contributed by atoms with van der Waals surface area (Å²) in [6, 6.07) is 12.2. The molecule has 0 bridgehead atoms. The lowest BCUT2D eigenvalue weighted by Crippen LogP contribution is -2.35. The molecule has 2 aromatic carbocycles. The van der Waals surface area contributed by atoms with Gasteiger partial charge < -0.3 is 10.1 Å². The van der Waals surface area contributed by atoms with Crippen molar-refractivity contribution >= 4 is 42.6 Å². The number of hydrogen-bond donors (Lipinski definition) is 1. The summed E-state index contributed by atoms with van der Waals surface area (Å²) in [5.41, 5.74) is 1.53. The molecule has 2 heterocycles. The zero-order valence-corrected chi connectivity index (χ0v) is 18.3. The minimum absolute atomic E-state index is 0.180. The number of fused-ring (bicyclic) bond motifs is 1. The van der Waals surface area contributed by atoms with Gasteiger partial charge in [-0.1, -0.05) is 29.9 Å². The average Bonchev–Trinajstić information content (AvgIpc) is 3.16. The first kappa shape index (κ1) is 20.8. The summed E-state index contributed by atoms with van der Waals surface area (Å²) in [4.78, 5) is 17.1. The van der Waals surface area contributed by atoms with Crippen LogP contribution in [0.5, 0.6) is 5.75 Å². The second-order valence-electron chi connectivity index (χ2n) is 7.19. The van der Waals surface area contributed by atoms with Gasteiger partial charge in [0.25, 0.3) is 0 Å². The maximum atomic E-state index is 12.9. The van der Waals surface area contributed by atoms with Crippen LogP contribution in [0.3, 0.4) is 0 Å². The predicted molar refractivity (Wildman–Crippen MR) is 118 cm³/mol. The van der Waals surface area contributed by atoms with E-state index in [2.05, 4.69) is 10.3 Å². The number of anilines is 1. The number of methoxy groups -OCH3 is 1. The SMILES string of the molecule is COc1ccc(CC(=O)Nc2nc3ccc(S(=O)(=O)N4CCCCC4)cc3s2)cc1. The molecular formula is C21H23N3O4S2. The van der Waals surface area contributed by atoms with Crippen LogP contribution in [0.15, 0.2) is 47.4 Å². The molecule has 1 saturated heterocycles. The van der Waals surface area contributed by atoms with Gasteiger partial charge in [0.1, 0.15) is 5.75 Å². The summed E-state index contributed by atoms with van der Waals surface area (Å²) in [7, 11) is -1.90. The highest BCUT2D eigenvalue weighted by molar-refractivity contribution is 7.89. The Labute approximate surface area is 179 Å². The number of sulfonamides is 1. The summed E-state index contributed by atoms with van der Waals surface area (Å²) in [6.45, 7) is 1.13. The quantitative estimate of drug-likeness (QED) is 0.626. The van der Waals surface area contributed by atoms with Crippen molar-refractivity contribution in [2.45, 2.75) is 30.6 Å². The first-order chi connectivity index (χ1) is 14.5. The van der Waals surface area contributed by atoms with E-state index in [0.29, 0.717) is 23.7 Å². The van der Waals surface area contributed by atoms with E-state index in [1.807, 2.05) is 24.3 Å². The molecule has 1 N–H and O–H groups in total. The molecule has 0 unspecified atom stereocenters. The fourth-order valence-corrected chi connectivity index (χ4v) is 6.01. The third-order valence-corrected chi connectivity index (χ3v) is 7.91. The van der Waals surface area contributed by atoms with E-state index in [1.165, 1.54) is 11.3 Å². The van der Waals surface area contributed by atoms with Crippen LogP contribution in [0.2, 0.25) is 0 Å². The molecule has 7 nitrogen and oxygen atoms in total. The van der Waals surface area contributed by atoms with E-state index >= 15 is 0 Å². The molecule has 0 aliphatic carbocycles. The van der Waals surface area contributed by atoms with Gasteiger partial charge in [0.2, 0.25) is 15.9 Å². The van der Waals surface area contributed by atoms with Crippen molar-refractivity contribution in [3.63, 3.8) is 0 Å². The first-order valence-electron chi connectivity index (χ1n) is 9.79. The van der Waals surface area contributed by atoms with Gasteiger partial charge in [-0.25, -0.2) is 13.4 Å². The van der Waals surface area contributed by atoms with Gasteiger partial charge >= 0.3 is 0 Å². The number of piperidine rings is 1. The number of ether oxygens (including phenoxy) is 1. The maximum Gasteiger partial charge on any atom is 0.243 e. The van der Waals surface area contributed by atoms with Crippen LogP contribution in [-0.4, -0.2) is 43.8 Å². The number of nitrogens with one attached hydrogen (secondary N) is 1. The molecule has 0 atom stereocenters. The molecule has 1 fully saturated rings. The highest BCUT2D eigenvalue weighted by Gasteiger charge is 2.26. The summed E-state index contributed by atoms with van der Waals surface area (Å²) in [6.07, 6.45) is 3.08. The number of nitrogens with zero attached hydrogens (tertiary/aromatic N) is 2. The van der Waals surface area contributed by atoms with Gasteiger partial charge in [-0.05, 0) is 48.7 Å². The number of aromatic nitrogens is 1. The summed E-state index contributed by atoms with van der Waals surface area (Å²) in [5, 5.41) is 3.26. The monoisotopic (exact) mass is 445 g/mol. The van der Waals surface area contributed by atoms with Gasteiger partial charge in [-0.15, -0.1) is 0 Å². The molecule has 1 aliphatic rings. The fourth-order valence-electron chi connectivity index (χ4n) is 3.47. The number of amides is 1. The molecule has 9 heteroatoms. The topological polar surface area (TPSA) is 88.6 Å². The standard InChI is InChI=1S/C21H23N3O4S2/c1-28-16-7-5-15(6-8-16)13-20(25)23-21-22-18-10-9-17(14-19(18)29-21)30(26,27)24-11-3-2-4-12-24/h5-10,14H,2-4,11-13H2,1H3,(H,22,23,25). The van der Waals surface area contributed by atoms with Crippen molar-refractivity contribution in [2.24, 2.45) is 0 Å². The van der Waals surface area contributed by atoms with E-state index in [0.717, 1.165) is 35.3 Å². The molecule has 1 aromatic heterocycles. The number of thiazole rings is 1. The van der Waals surface area contributed by atoms with Gasteiger partial charge in [-0.3, -0.25) is 4.79 Å². The molecule has 4 rings (SSSR count). The van der Waals surface area contributed by atoms with Gasteiger partial charge in [0, 0.05) is 13.1 Å². The number of carbonyl (C=O) groups is 1. The molecule has 0 radical (unpaired) electrons. The molecule has 158 valence electrons. The van der Waals surface area contributed by atoms with E-state index < -0.39 is 10.0 Å². The Morgan fingerprint density at radius 3 is 2.57 bits per heavy atom. The van der Waals surface area contributed by atoms with Crippen LogP contribution >= 0.6 is 11.3 Å². The molecule has 30 heavy (non-hydrogen) atoms. The normalized spacial score (nSPS) is 15.2. The molecule has 3 aromatic rings. The van der Waals surface area contributed by atoms with Gasteiger partial charge in [0.05, 0.1) is 28.6 Å². The van der Waals surface area contributed by atoms with Crippen LogP contribution in [0.1, 0.15) is 24.8 Å². The van der Waals surface area contributed by atoms with Crippen molar-refractivity contribution in [3.8, 4) is 5.75 Å². The Kier molecular flexibility index (Phi) is 6.03. The zero-order valence-electron chi connectivity index (χ0n) is 16.6. The van der Waals surface area contributed by atoms with Crippen molar-refractivity contribution < 1.29 is 17.9 Å². The Hall–Kier alpha value is -2.49. The lowest BCUT2D eigenvalue weighted by molar-refractivity contribution is -0.115. The molecule has 1 aliphatic heterocycles. The predicted octanol–water partition coefficient (Wildman–Crippen LogP) is 3.66. The number of carbonyl (C=O) groups excluding carboxylic acids is 1. The second kappa shape index (κ2) is 8.71. The smallest absolute Gasteiger partial charge is 0.243 e. The van der Waals surface area contributed by atoms with Crippen molar-refractivity contribution in [1.29, 1.82) is 0 Å². The lowest BCUT2D eigenvalue weighted by Gasteiger charge is -2.25. The third kappa shape index (κ3) is 4.48. The van der Waals surface area contributed by atoms with E-state index in [-0.39, 0.29) is 17.2 Å². The molecular weight excluding hydrogens is 422 g/mol. The van der Waals surface area contributed by atoms with E-state index in [4.69, 9.17) is 4.74 Å². The van der Waals surface area contributed by atoms with Crippen molar-refractivity contribution in [2.75, 3.05) is 25.5 Å². The zero-order chi connectivity index (χ0) is 21.1. The van der Waals surface area contributed by atoms with Crippen LogP contribution < -0.4 is 10.1 Å². The third-order valence-electron chi connectivity index (χ3n) is 5.08. The average molecular weight is 446 g/mol. The Morgan fingerprint density at radius 1 is 1.13 bits per heavy atom. The summed E-state index contributed by atoms with van der Waals surface area (Å²) in [5.74, 6) is 0.557. The van der Waals surface area contributed by atoms with Crippen molar-refractivity contribution in [3.05, 3.63) is 48.0 Å². The van der Waals surface area contributed by atoms with Crippen LogP contribution in [0.25, 0.3) is 10.2 Å². The maximum absolute atomic E-state index is 12.9.